The molecule has 2 aromatic carbocycles. The van der Waals surface area contributed by atoms with Gasteiger partial charge in [0.2, 0.25) is 5.88 Å². The second-order valence-electron chi connectivity index (χ2n) is 5.64. The number of carboxylic acid groups (broad SMARTS) is 1. The van der Waals surface area contributed by atoms with Crippen LogP contribution in [0.25, 0.3) is 6.08 Å². The molecule has 7 heteroatoms. The highest BCUT2D eigenvalue weighted by Gasteiger charge is 2.13. The van der Waals surface area contributed by atoms with Crippen LogP contribution in [-0.2, 0) is 4.79 Å². The number of ether oxygens (including phenoxy) is 1. The topological polar surface area (TPSA) is 88.5 Å². The van der Waals surface area contributed by atoms with Gasteiger partial charge in [-0.25, -0.2) is 9.78 Å². The van der Waals surface area contributed by atoms with E-state index in [0.29, 0.717) is 22.8 Å². The van der Waals surface area contributed by atoms with E-state index in [0.717, 1.165) is 4.47 Å². The number of carbonyl (C=O) groups excluding carboxylic acids is 1. The van der Waals surface area contributed by atoms with Gasteiger partial charge in [-0.3, -0.25) is 4.79 Å². The molecule has 0 aliphatic heterocycles. The van der Waals surface area contributed by atoms with E-state index in [1.54, 1.807) is 66.9 Å². The van der Waals surface area contributed by atoms with Crippen molar-refractivity contribution in [1.82, 2.24) is 10.3 Å². The van der Waals surface area contributed by atoms with Crippen LogP contribution < -0.4 is 10.1 Å². The predicted octanol–water partition coefficient (Wildman–Crippen LogP) is 4.49. The average molecular weight is 439 g/mol. The molecule has 0 unspecified atom stereocenters. The van der Waals surface area contributed by atoms with Crippen molar-refractivity contribution in [3.05, 3.63) is 94.2 Å². The Bertz CT molecular complexity index is 1020. The Kier molecular flexibility index (Phi) is 6.18. The second kappa shape index (κ2) is 8.96. The monoisotopic (exact) mass is 438 g/mol. The summed E-state index contributed by atoms with van der Waals surface area (Å²) in [6, 6.07) is 18.7. The number of amides is 1. The number of carboxylic acids is 1. The van der Waals surface area contributed by atoms with Gasteiger partial charge in [-0.05, 0) is 64.0 Å². The number of hydrogen-bond acceptors (Lipinski definition) is 4. The second-order valence-corrected chi connectivity index (χ2v) is 6.50. The number of rotatable bonds is 6. The van der Waals surface area contributed by atoms with E-state index < -0.39 is 11.9 Å². The van der Waals surface area contributed by atoms with Gasteiger partial charge in [0, 0.05) is 11.8 Å². The Morgan fingerprint density at radius 1 is 1.00 bits per heavy atom. The van der Waals surface area contributed by atoms with Crippen LogP contribution in [0.15, 0.2) is 83.1 Å². The zero-order valence-electron chi connectivity index (χ0n) is 14.5. The Morgan fingerprint density at radius 2 is 1.71 bits per heavy atom. The van der Waals surface area contributed by atoms with Crippen molar-refractivity contribution in [3.63, 3.8) is 0 Å². The molecule has 2 N–H and O–H groups in total. The minimum Gasteiger partial charge on any atom is -0.477 e. The third kappa shape index (κ3) is 5.05. The molecular formula is C21H15BrN2O4. The predicted molar refractivity (Wildman–Crippen MR) is 108 cm³/mol. The zero-order chi connectivity index (χ0) is 19.9. The van der Waals surface area contributed by atoms with Crippen molar-refractivity contribution in [2.75, 3.05) is 0 Å². The molecule has 1 amide bonds. The SMILES string of the molecule is O=C(O)C(=Cc1ccc(Oc2ncccc2Br)cc1)NC(=O)c1ccccc1. The van der Waals surface area contributed by atoms with Crippen LogP contribution in [0.2, 0.25) is 0 Å². The van der Waals surface area contributed by atoms with Crippen molar-refractivity contribution < 1.29 is 19.4 Å². The number of nitrogens with zero attached hydrogens (tertiary/aromatic N) is 1. The molecule has 0 aliphatic carbocycles. The number of aromatic nitrogens is 1. The third-order valence-electron chi connectivity index (χ3n) is 3.64. The molecule has 3 rings (SSSR count). The van der Waals surface area contributed by atoms with E-state index in [-0.39, 0.29) is 5.70 Å². The largest absolute Gasteiger partial charge is 0.477 e. The lowest BCUT2D eigenvalue weighted by molar-refractivity contribution is -0.132. The molecule has 6 nitrogen and oxygen atoms in total. The fourth-order valence-electron chi connectivity index (χ4n) is 2.29. The van der Waals surface area contributed by atoms with Gasteiger partial charge in [0.25, 0.3) is 5.91 Å². The van der Waals surface area contributed by atoms with Crippen molar-refractivity contribution >= 4 is 33.9 Å². The summed E-state index contributed by atoms with van der Waals surface area (Å²) in [5.41, 5.74) is 0.743. The van der Waals surface area contributed by atoms with Gasteiger partial charge >= 0.3 is 5.97 Å². The number of aliphatic carboxylic acids is 1. The van der Waals surface area contributed by atoms with E-state index in [1.807, 2.05) is 6.07 Å². The van der Waals surface area contributed by atoms with Gasteiger partial charge in [-0.1, -0.05) is 30.3 Å². The first kappa shape index (κ1) is 19.3. The third-order valence-corrected chi connectivity index (χ3v) is 4.25. The normalized spacial score (nSPS) is 11.0. The lowest BCUT2D eigenvalue weighted by atomic mass is 10.1. The van der Waals surface area contributed by atoms with Crippen LogP contribution in [0.3, 0.4) is 0 Å². The average Bonchev–Trinajstić information content (AvgIpc) is 2.71. The van der Waals surface area contributed by atoms with Gasteiger partial charge in [0.15, 0.2) is 0 Å². The molecule has 0 saturated heterocycles. The molecule has 1 aromatic heterocycles. The molecule has 0 saturated carbocycles. The summed E-state index contributed by atoms with van der Waals surface area (Å²) in [5.74, 6) is -0.759. The molecule has 28 heavy (non-hydrogen) atoms. The van der Waals surface area contributed by atoms with Crippen molar-refractivity contribution in [2.24, 2.45) is 0 Å². The molecule has 0 spiro atoms. The van der Waals surface area contributed by atoms with E-state index in [4.69, 9.17) is 4.74 Å². The van der Waals surface area contributed by atoms with Crippen molar-refractivity contribution in [2.45, 2.75) is 0 Å². The lowest BCUT2D eigenvalue weighted by Crippen LogP contribution is -2.27. The van der Waals surface area contributed by atoms with Gasteiger partial charge in [0.05, 0.1) is 4.47 Å². The molecule has 0 fully saturated rings. The summed E-state index contributed by atoms with van der Waals surface area (Å²) in [7, 11) is 0. The summed E-state index contributed by atoms with van der Waals surface area (Å²) in [6.45, 7) is 0. The first-order chi connectivity index (χ1) is 13.5. The van der Waals surface area contributed by atoms with Gasteiger partial charge in [-0.2, -0.15) is 0 Å². The molecular weight excluding hydrogens is 424 g/mol. The highest BCUT2D eigenvalue weighted by Crippen LogP contribution is 2.27. The number of pyridine rings is 1. The Morgan fingerprint density at radius 3 is 2.36 bits per heavy atom. The Balaban J connectivity index is 1.75. The van der Waals surface area contributed by atoms with Gasteiger partial charge in [0.1, 0.15) is 11.4 Å². The lowest BCUT2D eigenvalue weighted by Gasteiger charge is -2.08. The fraction of sp³-hybridized carbons (Fsp3) is 0. The minimum absolute atomic E-state index is 0.227. The summed E-state index contributed by atoms with van der Waals surface area (Å²) < 4.78 is 6.39. The molecule has 140 valence electrons. The van der Waals surface area contributed by atoms with Crippen LogP contribution in [0.4, 0.5) is 0 Å². The van der Waals surface area contributed by atoms with Crippen LogP contribution >= 0.6 is 15.9 Å². The Labute approximate surface area is 169 Å². The number of halogens is 1. The van der Waals surface area contributed by atoms with E-state index in [9.17, 15) is 14.7 Å². The highest BCUT2D eigenvalue weighted by molar-refractivity contribution is 9.10. The van der Waals surface area contributed by atoms with E-state index in [1.165, 1.54) is 6.08 Å². The van der Waals surface area contributed by atoms with Crippen molar-refractivity contribution in [1.29, 1.82) is 0 Å². The van der Waals surface area contributed by atoms with Gasteiger partial charge in [-0.15, -0.1) is 0 Å². The van der Waals surface area contributed by atoms with Gasteiger partial charge < -0.3 is 15.2 Å². The van der Waals surface area contributed by atoms with Crippen LogP contribution in [0, 0.1) is 0 Å². The smallest absolute Gasteiger partial charge is 0.352 e. The number of hydrogen-bond donors (Lipinski definition) is 2. The maximum absolute atomic E-state index is 12.2. The summed E-state index contributed by atoms with van der Waals surface area (Å²) in [5, 5.41) is 11.8. The summed E-state index contributed by atoms with van der Waals surface area (Å²) in [4.78, 5) is 27.8. The standard InChI is InChI=1S/C21H15BrN2O4/c22-17-7-4-12-23-20(17)28-16-10-8-14(9-11-16)13-18(21(26)27)24-19(25)15-5-2-1-3-6-15/h1-13H,(H,24,25)(H,26,27). The van der Waals surface area contributed by atoms with E-state index >= 15 is 0 Å². The highest BCUT2D eigenvalue weighted by atomic mass is 79.9. The number of nitrogens with one attached hydrogen (secondary N) is 1. The van der Waals surface area contributed by atoms with Crippen LogP contribution in [-0.4, -0.2) is 22.0 Å². The van der Waals surface area contributed by atoms with Crippen molar-refractivity contribution in [3.8, 4) is 11.6 Å². The molecule has 0 atom stereocenters. The Hall–Kier alpha value is -3.45. The molecule has 0 aliphatic rings. The first-order valence-electron chi connectivity index (χ1n) is 8.23. The number of benzene rings is 2. The zero-order valence-corrected chi connectivity index (χ0v) is 16.1. The van der Waals surface area contributed by atoms with Crippen LogP contribution in [0.1, 0.15) is 15.9 Å². The minimum atomic E-state index is -1.23. The maximum atomic E-state index is 12.2. The summed E-state index contributed by atoms with van der Waals surface area (Å²) in [6.07, 6.45) is 3.00. The molecule has 0 radical (unpaired) electrons. The maximum Gasteiger partial charge on any atom is 0.352 e. The molecule has 3 aromatic rings. The fourth-order valence-corrected chi connectivity index (χ4v) is 2.63. The summed E-state index contributed by atoms with van der Waals surface area (Å²) >= 11 is 3.36. The van der Waals surface area contributed by atoms with Crippen LogP contribution in [0.5, 0.6) is 11.6 Å². The quantitative estimate of drug-likeness (QED) is 0.553. The van der Waals surface area contributed by atoms with E-state index in [2.05, 4.69) is 26.2 Å². The molecule has 1 heterocycles. The molecule has 0 bridgehead atoms. The number of carbonyl (C=O) groups is 2. The first-order valence-corrected chi connectivity index (χ1v) is 9.02.